The number of rotatable bonds is 3. The molecule has 6 heteroatoms. The van der Waals surface area contributed by atoms with E-state index in [1.807, 2.05) is 4.90 Å². The number of hydrogen-bond donors (Lipinski definition) is 1. The summed E-state index contributed by atoms with van der Waals surface area (Å²) in [5.41, 5.74) is 1.45. The molecule has 3 heterocycles. The van der Waals surface area contributed by atoms with Crippen LogP contribution in [0.2, 0.25) is 0 Å². The summed E-state index contributed by atoms with van der Waals surface area (Å²) in [6, 6.07) is 4.55. The van der Waals surface area contributed by atoms with E-state index in [2.05, 4.69) is 14.9 Å². The first-order valence-corrected chi connectivity index (χ1v) is 9.38. The molecule has 1 N–H and O–H groups in total. The van der Waals surface area contributed by atoms with E-state index >= 15 is 0 Å². The van der Waals surface area contributed by atoms with E-state index in [4.69, 9.17) is 0 Å². The zero-order valence-corrected chi connectivity index (χ0v) is 14.5. The van der Waals surface area contributed by atoms with Crippen LogP contribution in [0.4, 0.5) is 4.39 Å². The molecule has 1 aromatic heterocycles. The molecular formula is C19H25FN4O. The summed E-state index contributed by atoms with van der Waals surface area (Å²) in [6.07, 6.45) is 6.81. The number of carbonyl (C=O) groups is 1. The fourth-order valence-corrected chi connectivity index (χ4v) is 4.09. The maximum atomic E-state index is 13.4. The van der Waals surface area contributed by atoms with Crippen molar-refractivity contribution in [1.29, 1.82) is 0 Å². The molecule has 1 amide bonds. The second-order valence-electron chi connectivity index (χ2n) is 7.22. The van der Waals surface area contributed by atoms with Crippen molar-refractivity contribution in [2.45, 2.75) is 44.6 Å². The number of likely N-dealkylation sites (tertiary alicyclic amines) is 2. The molecule has 1 atom stereocenters. The van der Waals surface area contributed by atoms with Crippen molar-refractivity contribution in [1.82, 2.24) is 19.8 Å². The average molecular weight is 344 g/mol. The zero-order chi connectivity index (χ0) is 17.2. The molecule has 0 radical (unpaired) electrons. The van der Waals surface area contributed by atoms with Crippen LogP contribution in [-0.2, 0) is 4.79 Å². The van der Waals surface area contributed by atoms with Gasteiger partial charge in [0.25, 0.3) is 0 Å². The lowest BCUT2D eigenvalue weighted by atomic mass is 10.2. The quantitative estimate of drug-likeness (QED) is 0.930. The highest BCUT2D eigenvalue weighted by atomic mass is 19.1. The van der Waals surface area contributed by atoms with Crippen LogP contribution in [-0.4, -0.2) is 51.9 Å². The van der Waals surface area contributed by atoms with Crippen LogP contribution >= 0.6 is 0 Å². The monoisotopic (exact) mass is 344 g/mol. The van der Waals surface area contributed by atoms with Crippen molar-refractivity contribution in [3.8, 4) is 0 Å². The van der Waals surface area contributed by atoms with E-state index in [1.165, 1.54) is 37.8 Å². The number of nitrogens with one attached hydrogen (secondary N) is 1. The Morgan fingerprint density at radius 3 is 2.76 bits per heavy atom. The minimum atomic E-state index is -0.275. The molecule has 25 heavy (non-hydrogen) atoms. The molecule has 4 rings (SSSR count). The molecule has 134 valence electrons. The van der Waals surface area contributed by atoms with E-state index in [0.29, 0.717) is 12.1 Å². The van der Waals surface area contributed by atoms with Crippen LogP contribution in [0.5, 0.6) is 0 Å². The number of imidazole rings is 1. The molecular weight excluding hydrogens is 319 g/mol. The third-order valence-electron chi connectivity index (χ3n) is 5.41. The smallest absolute Gasteiger partial charge is 0.237 e. The Bertz CT molecular complexity index is 751. The van der Waals surface area contributed by atoms with Crippen LogP contribution in [0, 0.1) is 5.82 Å². The van der Waals surface area contributed by atoms with Crippen molar-refractivity contribution in [3.63, 3.8) is 0 Å². The molecule has 2 fully saturated rings. The van der Waals surface area contributed by atoms with Crippen molar-refractivity contribution >= 4 is 16.9 Å². The Morgan fingerprint density at radius 1 is 1.16 bits per heavy atom. The standard InChI is InChI=1S/C19H25FN4O/c20-14-7-8-15-16(12-14)22-19(21-15)17-6-5-11-24(17)18(25)13-23-9-3-1-2-4-10-23/h7-8,12,17H,1-6,9-11,13H2,(H,21,22)/t17-/m1/s1. The van der Waals surface area contributed by atoms with Crippen molar-refractivity contribution in [3.05, 3.63) is 29.8 Å². The largest absolute Gasteiger partial charge is 0.340 e. The fourth-order valence-electron chi connectivity index (χ4n) is 4.09. The first kappa shape index (κ1) is 16.5. The molecule has 0 spiro atoms. The minimum absolute atomic E-state index is 0.0186. The summed E-state index contributed by atoms with van der Waals surface area (Å²) in [6.45, 7) is 3.33. The van der Waals surface area contributed by atoms with Gasteiger partial charge in [-0.15, -0.1) is 0 Å². The van der Waals surface area contributed by atoms with Gasteiger partial charge in [0.2, 0.25) is 5.91 Å². The van der Waals surface area contributed by atoms with Gasteiger partial charge in [-0.05, 0) is 57.0 Å². The highest BCUT2D eigenvalue weighted by Crippen LogP contribution is 2.31. The van der Waals surface area contributed by atoms with Gasteiger partial charge in [0.1, 0.15) is 11.6 Å². The van der Waals surface area contributed by atoms with Crippen LogP contribution in [0.25, 0.3) is 11.0 Å². The Morgan fingerprint density at radius 2 is 1.96 bits per heavy atom. The van der Waals surface area contributed by atoms with Crippen LogP contribution in [0.15, 0.2) is 18.2 Å². The van der Waals surface area contributed by atoms with Gasteiger partial charge < -0.3 is 9.88 Å². The first-order chi connectivity index (χ1) is 12.2. The summed E-state index contributed by atoms with van der Waals surface area (Å²) in [4.78, 5) is 24.9. The molecule has 0 aliphatic carbocycles. The second kappa shape index (κ2) is 7.12. The van der Waals surface area contributed by atoms with E-state index in [9.17, 15) is 9.18 Å². The number of hydrogen-bond acceptors (Lipinski definition) is 3. The number of benzene rings is 1. The summed E-state index contributed by atoms with van der Waals surface area (Å²) >= 11 is 0. The number of amides is 1. The molecule has 2 aliphatic heterocycles. The lowest BCUT2D eigenvalue weighted by Crippen LogP contribution is -2.40. The Balaban J connectivity index is 1.49. The minimum Gasteiger partial charge on any atom is -0.340 e. The van der Waals surface area contributed by atoms with Gasteiger partial charge in [0.05, 0.1) is 23.6 Å². The highest BCUT2D eigenvalue weighted by molar-refractivity contribution is 5.79. The van der Waals surface area contributed by atoms with Crippen LogP contribution in [0.3, 0.4) is 0 Å². The van der Waals surface area contributed by atoms with Crippen LogP contribution in [0.1, 0.15) is 50.4 Å². The molecule has 2 saturated heterocycles. The highest BCUT2D eigenvalue weighted by Gasteiger charge is 2.32. The molecule has 5 nitrogen and oxygen atoms in total. The number of aromatic nitrogens is 2. The predicted octanol–water partition coefficient (Wildman–Crippen LogP) is 3.24. The number of H-pyrrole nitrogens is 1. The fraction of sp³-hybridized carbons (Fsp3) is 0.579. The molecule has 1 aromatic carbocycles. The Hall–Kier alpha value is -1.95. The maximum Gasteiger partial charge on any atom is 0.237 e. The third kappa shape index (κ3) is 3.54. The normalized spacial score (nSPS) is 22.4. The predicted molar refractivity (Wildman–Crippen MR) is 94.6 cm³/mol. The number of carbonyl (C=O) groups excluding carboxylic acids is 1. The van der Waals surface area contributed by atoms with Gasteiger partial charge in [-0.3, -0.25) is 9.69 Å². The van der Waals surface area contributed by atoms with Crippen molar-refractivity contribution < 1.29 is 9.18 Å². The number of nitrogens with zero attached hydrogens (tertiary/aromatic N) is 3. The Kier molecular flexibility index (Phi) is 4.70. The van der Waals surface area contributed by atoms with Gasteiger partial charge in [-0.25, -0.2) is 9.37 Å². The third-order valence-corrected chi connectivity index (χ3v) is 5.41. The van der Waals surface area contributed by atoms with Gasteiger partial charge in [-0.1, -0.05) is 12.8 Å². The molecule has 2 aliphatic rings. The lowest BCUT2D eigenvalue weighted by molar-refractivity contribution is -0.133. The zero-order valence-electron chi connectivity index (χ0n) is 14.5. The van der Waals surface area contributed by atoms with E-state index in [-0.39, 0.29) is 17.8 Å². The van der Waals surface area contributed by atoms with E-state index < -0.39 is 0 Å². The summed E-state index contributed by atoms with van der Waals surface area (Å²) in [7, 11) is 0. The summed E-state index contributed by atoms with van der Waals surface area (Å²) in [5, 5.41) is 0. The Labute approximate surface area is 147 Å². The number of halogens is 1. The van der Waals surface area contributed by atoms with Gasteiger partial charge >= 0.3 is 0 Å². The SMILES string of the molecule is O=C(CN1CCCCCC1)N1CCC[C@@H]1c1nc2ccc(F)cc2[nH]1. The topological polar surface area (TPSA) is 52.2 Å². The summed E-state index contributed by atoms with van der Waals surface area (Å²) in [5.74, 6) is 0.696. The molecule has 0 unspecified atom stereocenters. The second-order valence-corrected chi connectivity index (χ2v) is 7.22. The van der Waals surface area contributed by atoms with E-state index in [0.717, 1.165) is 43.8 Å². The molecule has 0 bridgehead atoms. The van der Waals surface area contributed by atoms with Gasteiger partial charge in [0, 0.05) is 6.54 Å². The van der Waals surface area contributed by atoms with Crippen molar-refractivity contribution in [2.75, 3.05) is 26.2 Å². The average Bonchev–Trinajstić information content (AvgIpc) is 3.16. The van der Waals surface area contributed by atoms with Gasteiger partial charge in [0.15, 0.2) is 0 Å². The molecule has 0 saturated carbocycles. The van der Waals surface area contributed by atoms with Crippen molar-refractivity contribution in [2.24, 2.45) is 0 Å². The summed E-state index contributed by atoms with van der Waals surface area (Å²) < 4.78 is 13.4. The number of aromatic amines is 1. The first-order valence-electron chi connectivity index (χ1n) is 9.38. The van der Waals surface area contributed by atoms with Gasteiger partial charge in [-0.2, -0.15) is 0 Å². The lowest BCUT2D eigenvalue weighted by Gasteiger charge is -2.27. The van der Waals surface area contributed by atoms with E-state index in [1.54, 1.807) is 6.07 Å². The molecule has 2 aromatic rings. The van der Waals surface area contributed by atoms with Crippen LogP contribution < -0.4 is 0 Å². The number of fused-ring (bicyclic) bond motifs is 1. The maximum absolute atomic E-state index is 13.4.